The Morgan fingerprint density at radius 2 is 1.70 bits per heavy atom. The molecular weight excluding hydrogens is 391 g/mol. The summed E-state index contributed by atoms with van der Waals surface area (Å²) in [4.78, 5) is 36.2. The third-order valence-electron chi connectivity index (χ3n) is 3.67. The van der Waals surface area contributed by atoms with Crippen molar-refractivity contribution in [2.24, 2.45) is 5.92 Å². The first-order chi connectivity index (χ1) is 12.5. The Balaban J connectivity index is 3.45. The minimum absolute atomic E-state index is 0.552. The van der Waals surface area contributed by atoms with Crippen molar-refractivity contribution in [1.82, 2.24) is 5.32 Å². The zero-order valence-electron chi connectivity index (χ0n) is 14.8. The van der Waals surface area contributed by atoms with E-state index in [2.05, 4.69) is 4.74 Å². The van der Waals surface area contributed by atoms with E-state index in [0.717, 1.165) is 19.2 Å². The third kappa shape index (κ3) is 4.91. The van der Waals surface area contributed by atoms with E-state index in [4.69, 9.17) is 16.3 Å². The molecule has 0 aromatic heterocycles. The van der Waals surface area contributed by atoms with Crippen LogP contribution in [0.2, 0.25) is 0 Å². The molecule has 10 heteroatoms. The second-order valence-electron chi connectivity index (χ2n) is 5.88. The third-order valence-corrected chi connectivity index (χ3v) is 3.88. The summed E-state index contributed by atoms with van der Waals surface area (Å²) in [6, 6.07) is 6.05. The van der Waals surface area contributed by atoms with Crippen LogP contribution in [0.5, 0.6) is 0 Å². The Labute approximate surface area is 159 Å². The van der Waals surface area contributed by atoms with Crippen LogP contribution in [0.1, 0.15) is 19.4 Å². The average molecular weight is 410 g/mol. The van der Waals surface area contributed by atoms with Gasteiger partial charge in [-0.2, -0.15) is 13.2 Å². The lowest BCUT2D eigenvalue weighted by Gasteiger charge is -2.35. The number of hydrogen-bond donors (Lipinski definition) is 1. The fraction of sp³-hybridized carbons (Fsp3) is 0.471. The van der Waals surface area contributed by atoms with Crippen molar-refractivity contribution in [2.45, 2.75) is 31.7 Å². The topological polar surface area (TPSA) is 81.7 Å². The molecule has 2 unspecified atom stereocenters. The van der Waals surface area contributed by atoms with Gasteiger partial charge in [0.2, 0.25) is 0 Å². The molecule has 0 heterocycles. The summed E-state index contributed by atoms with van der Waals surface area (Å²) < 4.78 is 51.2. The maximum absolute atomic E-state index is 14.0. The Kier molecular flexibility index (Phi) is 7.65. The molecule has 0 saturated carbocycles. The van der Waals surface area contributed by atoms with Gasteiger partial charge in [-0.15, -0.1) is 11.6 Å². The maximum Gasteiger partial charge on any atom is 0.426 e. The van der Waals surface area contributed by atoms with E-state index in [1.807, 2.05) is 0 Å². The summed E-state index contributed by atoms with van der Waals surface area (Å²) in [5.41, 5.74) is -4.02. The van der Waals surface area contributed by atoms with Crippen LogP contribution in [0.3, 0.4) is 0 Å². The number of methoxy groups -OCH3 is 1. The van der Waals surface area contributed by atoms with Gasteiger partial charge in [0.15, 0.2) is 6.10 Å². The molecule has 1 aromatic rings. The summed E-state index contributed by atoms with van der Waals surface area (Å²) in [7, 11) is 0.769. The van der Waals surface area contributed by atoms with Crippen molar-refractivity contribution >= 4 is 29.4 Å². The SMILES string of the molecule is COC(=O)C(NC(=O)C(OC(=O)CCl)C(C)C)(c1ccccc1)C(F)(F)F. The van der Waals surface area contributed by atoms with Crippen molar-refractivity contribution < 1.29 is 37.0 Å². The number of nitrogens with one attached hydrogen (secondary N) is 1. The van der Waals surface area contributed by atoms with Crippen molar-refractivity contribution in [3.63, 3.8) is 0 Å². The van der Waals surface area contributed by atoms with Crippen LogP contribution in [0.25, 0.3) is 0 Å². The molecule has 1 aromatic carbocycles. The van der Waals surface area contributed by atoms with Gasteiger partial charge in [0.25, 0.3) is 11.4 Å². The lowest BCUT2D eigenvalue weighted by Crippen LogP contribution is -2.63. The first-order valence-corrected chi connectivity index (χ1v) is 8.32. The number of hydrogen-bond acceptors (Lipinski definition) is 5. The summed E-state index contributed by atoms with van der Waals surface area (Å²) >= 11 is 5.32. The number of carbonyl (C=O) groups excluding carboxylic acids is 3. The van der Waals surface area contributed by atoms with Gasteiger partial charge in [-0.3, -0.25) is 9.59 Å². The van der Waals surface area contributed by atoms with Crippen LogP contribution in [0.15, 0.2) is 30.3 Å². The number of carbonyl (C=O) groups is 3. The van der Waals surface area contributed by atoms with Gasteiger partial charge in [0.05, 0.1) is 7.11 Å². The van der Waals surface area contributed by atoms with Crippen molar-refractivity contribution in [2.75, 3.05) is 13.0 Å². The molecule has 0 saturated heterocycles. The Bertz CT molecular complexity index is 681. The van der Waals surface area contributed by atoms with E-state index in [-0.39, 0.29) is 0 Å². The second kappa shape index (κ2) is 9.07. The van der Waals surface area contributed by atoms with Gasteiger partial charge in [0.1, 0.15) is 5.88 Å². The van der Waals surface area contributed by atoms with E-state index < -0.39 is 53.0 Å². The quantitative estimate of drug-likeness (QED) is 0.553. The van der Waals surface area contributed by atoms with Crippen LogP contribution in [0.4, 0.5) is 13.2 Å². The number of esters is 2. The Hall–Kier alpha value is -2.29. The average Bonchev–Trinajstić information content (AvgIpc) is 2.62. The van der Waals surface area contributed by atoms with Gasteiger partial charge < -0.3 is 14.8 Å². The molecule has 0 fully saturated rings. The predicted molar refractivity (Wildman–Crippen MR) is 89.8 cm³/mol. The highest BCUT2D eigenvalue weighted by Crippen LogP contribution is 2.40. The Morgan fingerprint density at radius 3 is 2.11 bits per heavy atom. The molecule has 150 valence electrons. The van der Waals surface area contributed by atoms with Crippen LogP contribution in [0, 0.1) is 5.92 Å². The van der Waals surface area contributed by atoms with E-state index in [9.17, 15) is 27.6 Å². The standard InChI is InChI=1S/C17H19ClF3NO5/c1-10(2)13(27-12(23)9-18)14(24)22-16(15(25)26-3,17(19,20)21)11-7-5-4-6-8-11/h4-8,10,13H,9H2,1-3H3,(H,22,24). The highest BCUT2D eigenvalue weighted by atomic mass is 35.5. The number of rotatable bonds is 7. The lowest BCUT2D eigenvalue weighted by molar-refractivity contribution is -0.217. The molecule has 27 heavy (non-hydrogen) atoms. The van der Waals surface area contributed by atoms with E-state index in [1.54, 1.807) is 5.32 Å². The highest BCUT2D eigenvalue weighted by Gasteiger charge is 2.64. The summed E-state index contributed by atoms with van der Waals surface area (Å²) in [5.74, 6) is -5.30. The van der Waals surface area contributed by atoms with Gasteiger partial charge in [-0.25, -0.2) is 4.79 Å². The molecule has 0 aliphatic rings. The van der Waals surface area contributed by atoms with Crippen molar-refractivity contribution in [3.8, 4) is 0 Å². The van der Waals surface area contributed by atoms with E-state index in [1.165, 1.54) is 32.0 Å². The normalized spacial score (nSPS) is 14.8. The second-order valence-corrected chi connectivity index (χ2v) is 6.15. The number of benzene rings is 1. The molecule has 0 aliphatic carbocycles. The summed E-state index contributed by atoms with van der Waals surface area (Å²) in [5, 5.41) is 1.69. The zero-order valence-corrected chi connectivity index (χ0v) is 15.6. The van der Waals surface area contributed by atoms with Gasteiger partial charge in [-0.1, -0.05) is 44.2 Å². The number of halogens is 4. The lowest BCUT2D eigenvalue weighted by atomic mass is 9.88. The monoisotopic (exact) mass is 409 g/mol. The molecular formula is C17H19ClF3NO5. The van der Waals surface area contributed by atoms with E-state index in [0.29, 0.717) is 0 Å². The molecule has 0 spiro atoms. The Morgan fingerprint density at radius 1 is 1.15 bits per heavy atom. The molecule has 1 amide bonds. The van der Waals surface area contributed by atoms with Crippen molar-refractivity contribution in [1.29, 1.82) is 0 Å². The number of ether oxygens (including phenoxy) is 2. The van der Waals surface area contributed by atoms with Gasteiger partial charge in [0, 0.05) is 0 Å². The van der Waals surface area contributed by atoms with Crippen LogP contribution < -0.4 is 5.32 Å². The van der Waals surface area contributed by atoms with Gasteiger partial charge in [-0.05, 0) is 11.5 Å². The largest absolute Gasteiger partial charge is 0.467 e. The van der Waals surface area contributed by atoms with E-state index >= 15 is 0 Å². The highest BCUT2D eigenvalue weighted by molar-refractivity contribution is 6.26. The first-order valence-electron chi connectivity index (χ1n) is 7.79. The van der Waals surface area contributed by atoms with Crippen LogP contribution in [-0.4, -0.2) is 43.1 Å². The van der Waals surface area contributed by atoms with Crippen LogP contribution in [-0.2, 0) is 29.4 Å². The molecule has 0 aliphatic heterocycles. The molecule has 1 N–H and O–H groups in total. The molecule has 2 atom stereocenters. The first kappa shape index (κ1) is 22.8. The fourth-order valence-corrected chi connectivity index (χ4v) is 2.42. The van der Waals surface area contributed by atoms with Crippen LogP contribution >= 0.6 is 11.6 Å². The number of alkyl halides is 4. The van der Waals surface area contributed by atoms with Crippen molar-refractivity contribution in [3.05, 3.63) is 35.9 Å². The molecule has 1 rings (SSSR count). The maximum atomic E-state index is 14.0. The zero-order chi connectivity index (χ0) is 20.8. The molecule has 6 nitrogen and oxygen atoms in total. The van der Waals surface area contributed by atoms with Gasteiger partial charge >= 0.3 is 18.1 Å². The fourth-order valence-electron chi connectivity index (χ4n) is 2.35. The smallest absolute Gasteiger partial charge is 0.426 e. The molecule has 0 radical (unpaired) electrons. The minimum atomic E-state index is -5.24. The summed E-state index contributed by atoms with van der Waals surface area (Å²) in [6.07, 6.45) is -6.83. The minimum Gasteiger partial charge on any atom is -0.467 e. The summed E-state index contributed by atoms with van der Waals surface area (Å²) in [6.45, 7) is 2.92. The molecule has 0 bridgehead atoms. The predicted octanol–water partition coefficient (Wildman–Crippen LogP) is 2.54. The number of amides is 1.